The monoisotopic (exact) mass is 241 g/mol. The van der Waals surface area contributed by atoms with E-state index in [4.69, 9.17) is 0 Å². The standard InChI is InChI=1S/C12H23N3S/c1-5-13-7-8-15(6-2)9-12-14-10(3)11(4)16-12/h13H,5-9H2,1-4H3. The fraction of sp³-hybridized carbons (Fsp3) is 0.750. The van der Waals surface area contributed by atoms with Crippen LogP contribution in [-0.2, 0) is 6.54 Å². The highest BCUT2D eigenvalue weighted by atomic mass is 32.1. The summed E-state index contributed by atoms with van der Waals surface area (Å²) in [7, 11) is 0. The third kappa shape index (κ3) is 4.20. The van der Waals surface area contributed by atoms with Crippen molar-refractivity contribution in [3.05, 3.63) is 15.6 Å². The third-order valence-electron chi connectivity index (χ3n) is 2.73. The Morgan fingerprint density at radius 1 is 1.31 bits per heavy atom. The molecule has 16 heavy (non-hydrogen) atoms. The minimum absolute atomic E-state index is 0.987. The van der Waals surface area contributed by atoms with E-state index in [9.17, 15) is 0 Å². The van der Waals surface area contributed by atoms with Crippen molar-refractivity contribution >= 4 is 11.3 Å². The van der Waals surface area contributed by atoms with Gasteiger partial charge in [-0.05, 0) is 26.9 Å². The Balaban J connectivity index is 2.43. The molecule has 0 spiro atoms. The molecule has 1 heterocycles. The van der Waals surface area contributed by atoms with E-state index in [1.807, 2.05) is 11.3 Å². The van der Waals surface area contributed by atoms with Gasteiger partial charge in [-0.3, -0.25) is 4.90 Å². The zero-order chi connectivity index (χ0) is 12.0. The van der Waals surface area contributed by atoms with Crippen LogP contribution in [0.4, 0.5) is 0 Å². The maximum Gasteiger partial charge on any atom is 0.107 e. The van der Waals surface area contributed by atoms with Crippen molar-refractivity contribution < 1.29 is 0 Å². The predicted molar refractivity (Wildman–Crippen MR) is 71.1 cm³/mol. The molecule has 0 unspecified atom stereocenters. The summed E-state index contributed by atoms with van der Waals surface area (Å²) in [5.74, 6) is 0. The highest BCUT2D eigenvalue weighted by molar-refractivity contribution is 7.11. The molecule has 0 saturated heterocycles. The molecule has 0 aromatic carbocycles. The summed E-state index contributed by atoms with van der Waals surface area (Å²) in [5.41, 5.74) is 1.18. The van der Waals surface area contributed by atoms with Crippen LogP contribution in [0.5, 0.6) is 0 Å². The molecule has 1 N–H and O–H groups in total. The van der Waals surface area contributed by atoms with Gasteiger partial charge < -0.3 is 5.32 Å². The van der Waals surface area contributed by atoms with Crippen molar-refractivity contribution in [2.75, 3.05) is 26.2 Å². The minimum Gasteiger partial charge on any atom is -0.316 e. The summed E-state index contributed by atoms with van der Waals surface area (Å²) < 4.78 is 0. The van der Waals surface area contributed by atoms with E-state index >= 15 is 0 Å². The van der Waals surface area contributed by atoms with Crippen LogP contribution >= 0.6 is 11.3 Å². The number of rotatable bonds is 7. The van der Waals surface area contributed by atoms with Gasteiger partial charge in [0.25, 0.3) is 0 Å². The first-order chi connectivity index (χ1) is 7.67. The van der Waals surface area contributed by atoms with Crippen molar-refractivity contribution in [2.24, 2.45) is 0 Å². The van der Waals surface area contributed by atoms with Crippen molar-refractivity contribution in [1.29, 1.82) is 0 Å². The summed E-state index contributed by atoms with van der Waals surface area (Å²) >= 11 is 1.82. The van der Waals surface area contributed by atoms with E-state index in [0.29, 0.717) is 0 Å². The van der Waals surface area contributed by atoms with Gasteiger partial charge in [0.1, 0.15) is 5.01 Å². The molecule has 0 aliphatic rings. The number of thiazole rings is 1. The zero-order valence-electron chi connectivity index (χ0n) is 10.8. The molecule has 0 radical (unpaired) electrons. The van der Waals surface area contributed by atoms with Crippen molar-refractivity contribution in [1.82, 2.24) is 15.2 Å². The summed E-state index contributed by atoms with van der Waals surface area (Å²) in [4.78, 5) is 8.36. The number of hydrogen-bond acceptors (Lipinski definition) is 4. The predicted octanol–water partition coefficient (Wildman–Crippen LogP) is 2.19. The molecule has 0 fully saturated rings. The highest BCUT2D eigenvalue weighted by Gasteiger charge is 2.08. The van der Waals surface area contributed by atoms with Crippen LogP contribution in [0.1, 0.15) is 29.4 Å². The largest absolute Gasteiger partial charge is 0.316 e. The van der Waals surface area contributed by atoms with E-state index < -0.39 is 0 Å². The van der Waals surface area contributed by atoms with Gasteiger partial charge >= 0.3 is 0 Å². The van der Waals surface area contributed by atoms with Gasteiger partial charge in [-0.15, -0.1) is 11.3 Å². The molecule has 3 nitrogen and oxygen atoms in total. The van der Waals surface area contributed by atoms with Crippen LogP contribution in [0.15, 0.2) is 0 Å². The van der Waals surface area contributed by atoms with Gasteiger partial charge in [-0.1, -0.05) is 13.8 Å². The lowest BCUT2D eigenvalue weighted by molar-refractivity contribution is 0.279. The molecule has 0 aliphatic heterocycles. The van der Waals surface area contributed by atoms with Gasteiger partial charge in [-0.2, -0.15) is 0 Å². The average Bonchev–Trinajstić information content (AvgIpc) is 2.57. The summed E-state index contributed by atoms with van der Waals surface area (Å²) in [6, 6.07) is 0. The SMILES string of the molecule is CCNCCN(CC)Cc1nc(C)c(C)s1. The Hall–Kier alpha value is -0.450. The molecule has 0 aliphatic carbocycles. The van der Waals surface area contributed by atoms with E-state index in [1.54, 1.807) is 0 Å². The van der Waals surface area contributed by atoms with Crippen molar-refractivity contribution in [2.45, 2.75) is 34.2 Å². The number of aromatic nitrogens is 1. The van der Waals surface area contributed by atoms with Crippen molar-refractivity contribution in [3.8, 4) is 0 Å². The molecular weight excluding hydrogens is 218 g/mol. The first kappa shape index (κ1) is 13.6. The lowest BCUT2D eigenvalue weighted by Gasteiger charge is -2.18. The average molecular weight is 241 g/mol. The fourth-order valence-corrected chi connectivity index (χ4v) is 2.54. The Morgan fingerprint density at radius 3 is 2.56 bits per heavy atom. The van der Waals surface area contributed by atoms with Gasteiger partial charge in [0.05, 0.1) is 12.2 Å². The zero-order valence-corrected chi connectivity index (χ0v) is 11.7. The topological polar surface area (TPSA) is 28.2 Å². The molecule has 92 valence electrons. The van der Waals surface area contributed by atoms with Gasteiger partial charge in [0.15, 0.2) is 0 Å². The van der Waals surface area contributed by atoms with Gasteiger partial charge in [0.2, 0.25) is 0 Å². The van der Waals surface area contributed by atoms with Gasteiger partial charge in [-0.25, -0.2) is 4.98 Å². The van der Waals surface area contributed by atoms with E-state index in [-0.39, 0.29) is 0 Å². The van der Waals surface area contributed by atoms with E-state index in [0.717, 1.165) is 32.7 Å². The summed E-state index contributed by atoms with van der Waals surface area (Å²) in [5, 5.41) is 4.60. The minimum atomic E-state index is 0.987. The Labute approximate surface area is 103 Å². The van der Waals surface area contributed by atoms with Gasteiger partial charge in [0, 0.05) is 18.0 Å². The molecular formula is C12H23N3S. The smallest absolute Gasteiger partial charge is 0.107 e. The number of likely N-dealkylation sites (N-methyl/N-ethyl adjacent to an activating group) is 2. The second-order valence-electron chi connectivity index (χ2n) is 3.97. The maximum atomic E-state index is 4.58. The molecule has 0 atom stereocenters. The molecule has 1 aromatic heterocycles. The molecule has 0 saturated carbocycles. The molecule has 0 amide bonds. The maximum absolute atomic E-state index is 4.58. The lowest BCUT2D eigenvalue weighted by Crippen LogP contribution is -2.31. The number of nitrogens with zero attached hydrogens (tertiary/aromatic N) is 2. The van der Waals surface area contributed by atoms with E-state index in [1.165, 1.54) is 15.6 Å². The molecule has 4 heteroatoms. The Kier molecular flexibility index (Phi) is 5.95. The summed E-state index contributed by atoms with van der Waals surface area (Å²) in [6.07, 6.45) is 0. The Bertz CT molecular complexity index is 290. The third-order valence-corrected chi connectivity index (χ3v) is 3.79. The van der Waals surface area contributed by atoms with Crippen LogP contribution in [0.2, 0.25) is 0 Å². The normalized spacial score (nSPS) is 11.3. The van der Waals surface area contributed by atoms with Crippen LogP contribution < -0.4 is 5.32 Å². The number of aryl methyl sites for hydroxylation is 2. The highest BCUT2D eigenvalue weighted by Crippen LogP contribution is 2.17. The van der Waals surface area contributed by atoms with Crippen LogP contribution in [0, 0.1) is 13.8 Å². The number of nitrogens with one attached hydrogen (secondary N) is 1. The second-order valence-corrected chi connectivity index (χ2v) is 5.26. The van der Waals surface area contributed by atoms with Crippen LogP contribution in [-0.4, -0.2) is 36.1 Å². The van der Waals surface area contributed by atoms with Crippen LogP contribution in [0.3, 0.4) is 0 Å². The van der Waals surface area contributed by atoms with E-state index in [2.05, 4.69) is 42.9 Å². The molecule has 1 aromatic rings. The molecule has 1 rings (SSSR count). The van der Waals surface area contributed by atoms with Crippen LogP contribution in [0.25, 0.3) is 0 Å². The lowest BCUT2D eigenvalue weighted by atomic mass is 10.4. The molecule has 0 bridgehead atoms. The first-order valence-electron chi connectivity index (χ1n) is 6.03. The second kappa shape index (κ2) is 6.99. The quantitative estimate of drug-likeness (QED) is 0.742. The summed E-state index contributed by atoms with van der Waals surface area (Å²) in [6.45, 7) is 13.9. The fourth-order valence-electron chi connectivity index (χ4n) is 1.56. The number of hydrogen-bond donors (Lipinski definition) is 1. The first-order valence-corrected chi connectivity index (χ1v) is 6.85. The Morgan fingerprint density at radius 2 is 2.06 bits per heavy atom. The van der Waals surface area contributed by atoms with Crippen molar-refractivity contribution in [3.63, 3.8) is 0 Å².